The first kappa shape index (κ1) is 23.3. The van der Waals surface area contributed by atoms with E-state index in [0.717, 1.165) is 43.9 Å². The van der Waals surface area contributed by atoms with Crippen molar-refractivity contribution in [1.29, 1.82) is 0 Å². The van der Waals surface area contributed by atoms with Gasteiger partial charge in [-0.1, -0.05) is 12.1 Å². The average Bonchev–Trinajstić information content (AvgIpc) is 2.67. The molecule has 7 nitrogen and oxygen atoms in total. The number of methoxy groups -OCH3 is 1. The van der Waals surface area contributed by atoms with E-state index < -0.39 is 14.6 Å². The summed E-state index contributed by atoms with van der Waals surface area (Å²) in [5.74, 6) is 1.59. The molecule has 1 aromatic carbocycles. The Kier molecular flexibility index (Phi) is 8.19. The van der Waals surface area contributed by atoms with Gasteiger partial charge in [-0.15, -0.1) is 0 Å². The zero-order valence-electron chi connectivity index (χ0n) is 18.4. The zero-order valence-corrected chi connectivity index (χ0v) is 19.2. The molecule has 1 saturated heterocycles. The van der Waals surface area contributed by atoms with Gasteiger partial charge in [-0.3, -0.25) is 4.99 Å². The fourth-order valence-electron chi connectivity index (χ4n) is 3.30. The molecule has 1 aliphatic rings. The molecular formula is C21H36N4O3S. The van der Waals surface area contributed by atoms with Crippen LogP contribution in [0.4, 0.5) is 5.69 Å². The minimum absolute atomic E-state index is 0.0467. The highest BCUT2D eigenvalue weighted by Gasteiger charge is 2.28. The summed E-state index contributed by atoms with van der Waals surface area (Å²) in [6, 6.07) is 8.29. The Labute approximate surface area is 175 Å². The third-order valence-electron chi connectivity index (χ3n) is 5.10. The third-order valence-corrected chi connectivity index (χ3v) is 7.68. The van der Waals surface area contributed by atoms with Gasteiger partial charge in [0.15, 0.2) is 15.8 Å². The van der Waals surface area contributed by atoms with E-state index in [1.165, 1.54) is 0 Å². The summed E-state index contributed by atoms with van der Waals surface area (Å²) in [5, 5.41) is 6.71. The highest BCUT2D eigenvalue weighted by Crippen LogP contribution is 2.29. The van der Waals surface area contributed by atoms with E-state index in [4.69, 9.17) is 4.74 Å². The van der Waals surface area contributed by atoms with Crippen molar-refractivity contribution in [2.45, 2.75) is 51.3 Å². The van der Waals surface area contributed by atoms with Crippen LogP contribution in [0.3, 0.4) is 0 Å². The van der Waals surface area contributed by atoms with Crippen molar-refractivity contribution in [3.63, 3.8) is 0 Å². The molecule has 0 bridgehead atoms. The topological polar surface area (TPSA) is 83.0 Å². The van der Waals surface area contributed by atoms with Gasteiger partial charge < -0.3 is 20.3 Å². The molecule has 1 aliphatic heterocycles. The van der Waals surface area contributed by atoms with Crippen LogP contribution in [0.1, 0.15) is 40.5 Å². The Hall–Kier alpha value is -1.96. The Morgan fingerprint density at radius 2 is 2.03 bits per heavy atom. The van der Waals surface area contributed by atoms with Crippen LogP contribution in [0.5, 0.6) is 5.75 Å². The molecule has 8 heteroatoms. The van der Waals surface area contributed by atoms with Crippen LogP contribution in [0.25, 0.3) is 0 Å². The summed E-state index contributed by atoms with van der Waals surface area (Å²) in [4.78, 5) is 6.84. The lowest BCUT2D eigenvalue weighted by Gasteiger charge is -2.36. The minimum Gasteiger partial charge on any atom is -0.495 e. The maximum Gasteiger partial charge on any atom is 0.191 e. The Morgan fingerprint density at radius 3 is 2.69 bits per heavy atom. The lowest BCUT2D eigenvalue weighted by atomic mass is 10.0. The van der Waals surface area contributed by atoms with Gasteiger partial charge in [-0.05, 0) is 52.7 Å². The first-order chi connectivity index (χ1) is 13.7. The number of nitrogens with zero attached hydrogens (tertiary/aromatic N) is 2. The number of aliphatic imine (C=N–C) groups is 1. The number of guanidine groups is 1. The van der Waals surface area contributed by atoms with Crippen LogP contribution in [0, 0.1) is 0 Å². The number of rotatable bonds is 7. The standard InChI is InChI=1S/C21H36N4O3S/c1-6-22-20(23-13-15-29(26,27)21(2,3)4)24-17-10-9-14-25(16-17)18-11-7-8-12-19(18)28-5/h7-8,11-12,17H,6,9-10,13-16H2,1-5H3,(H2,22,23,24). The molecule has 29 heavy (non-hydrogen) atoms. The molecule has 0 aliphatic carbocycles. The first-order valence-electron chi connectivity index (χ1n) is 10.3. The molecule has 1 heterocycles. The second-order valence-electron chi connectivity index (χ2n) is 8.29. The fraction of sp³-hybridized carbons (Fsp3) is 0.667. The van der Waals surface area contributed by atoms with Gasteiger partial charge in [0.25, 0.3) is 0 Å². The van der Waals surface area contributed by atoms with Gasteiger partial charge in [0.05, 0.1) is 29.8 Å². The minimum atomic E-state index is -3.18. The monoisotopic (exact) mass is 424 g/mol. The van der Waals surface area contributed by atoms with Crippen molar-refractivity contribution in [3.05, 3.63) is 24.3 Å². The molecule has 0 amide bonds. The van der Waals surface area contributed by atoms with Crippen molar-refractivity contribution in [3.8, 4) is 5.75 Å². The van der Waals surface area contributed by atoms with Crippen LogP contribution in [0.2, 0.25) is 0 Å². The van der Waals surface area contributed by atoms with Gasteiger partial charge in [0.2, 0.25) is 0 Å². The number of hydrogen-bond acceptors (Lipinski definition) is 5. The predicted molar refractivity (Wildman–Crippen MR) is 121 cm³/mol. The number of piperidine rings is 1. The largest absolute Gasteiger partial charge is 0.495 e. The molecule has 164 valence electrons. The summed E-state index contributed by atoms with van der Waals surface area (Å²) in [6.45, 7) is 9.98. The predicted octanol–water partition coefficient (Wildman–Crippen LogP) is 2.43. The maximum atomic E-state index is 12.3. The van der Waals surface area contributed by atoms with E-state index in [0.29, 0.717) is 5.96 Å². The number of benzene rings is 1. The lowest BCUT2D eigenvalue weighted by Crippen LogP contribution is -2.51. The number of para-hydroxylation sites is 2. The van der Waals surface area contributed by atoms with Crippen molar-refractivity contribution < 1.29 is 13.2 Å². The second-order valence-corrected chi connectivity index (χ2v) is 11.2. The number of nitrogens with one attached hydrogen (secondary N) is 2. The number of ether oxygens (including phenoxy) is 1. The Bertz CT molecular complexity index is 787. The molecule has 1 fully saturated rings. The van der Waals surface area contributed by atoms with E-state index in [2.05, 4.69) is 26.6 Å². The van der Waals surface area contributed by atoms with E-state index in [1.54, 1.807) is 27.9 Å². The van der Waals surface area contributed by atoms with Gasteiger partial charge >= 0.3 is 0 Å². The van der Waals surface area contributed by atoms with E-state index in [1.807, 2.05) is 25.1 Å². The Morgan fingerprint density at radius 1 is 1.31 bits per heavy atom. The normalized spacial score (nSPS) is 18.4. The summed E-state index contributed by atoms with van der Waals surface area (Å²) < 4.78 is 29.4. The quantitative estimate of drug-likeness (QED) is 0.517. The van der Waals surface area contributed by atoms with Crippen LogP contribution in [0.15, 0.2) is 29.3 Å². The van der Waals surface area contributed by atoms with Gasteiger partial charge in [0.1, 0.15) is 5.75 Å². The van der Waals surface area contributed by atoms with Crippen LogP contribution in [-0.4, -0.2) is 64.2 Å². The zero-order chi connectivity index (χ0) is 21.5. The summed E-state index contributed by atoms with van der Waals surface area (Å²) >= 11 is 0. The SMILES string of the molecule is CCNC(=NCCS(=O)(=O)C(C)(C)C)NC1CCCN(c2ccccc2OC)C1. The molecule has 0 radical (unpaired) electrons. The third kappa shape index (κ3) is 6.52. The number of anilines is 1. The molecule has 1 atom stereocenters. The lowest BCUT2D eigenvalue weighted by molar-refractivity contribution is 0.408. The van der Waals surface area contributed by atoms with Crippen LogP contribution >= 0.6 is 0 Å². The fourth-order valence-corrected chi connectivity index (χ4v) is 4.25. The highest BCUT2D eigenvalue weighted by molar-refractivity contribution is 7.92. The molecular weight excluding hydrogens is 388 g/mol. The van der Waals surface area contributed by atoms with Crippen molar-refractivity contribution in [2.75, 3.05) is 43.9 Å². The molecule has 1 aromatic rings. The van der Waals surface area contributed by atoms with Crippen LogP contribution < -0.4 is 20.3 Å². The summed E-state index contributed by atoms with van der Waals surface area (Å²) in [7, 11) is -1.48. The molecule has 1 unspecified atom stereocenters. The average molecular weight is 425 g/mol. The van der Waals surface area contributed by atoms with E-state index in [-0.39, 0.29) is 18.3 Å². The smallest absolute Gasteiger partial charge is 0.191 e. The Balaban J connectivity index is 2.02. The van der Waals surface area contributed by atoms with Gasteiger partial charge in [0, 0.05) is 25.7 Å². The maximum absolute atomic E-state index is 12.3. The van der Waals surface area contributed by atoms with Crippen LogP contribution in [-0.2, 0) is 9.84 Å². The highest BCUT2D eigenvalue weighted by atomic mass is 32.2. The second kappa shape index (κ2) is 10.2. The molecule has 0 aromatic heterocycles. The molecule has 2 N–H and O–H groups in total. The van der Waals surface area contributed by atoms with Crippen molar-refractivity contribution >= 4 is 21.5 Å². The van der Waals surface area contributed by atoms with E-state index in [9.17, 15) is 8.42 Å². The summed E-state index contributed by atoms with van der Waals surface area (Å²) in [6.07, 6.45) is 2.10. The van der Waals surface area contributed by atoms with Crippen molar-refractivity contribution in [2.24, 2.45) is 4.99 Å². The number of hydrogen-bond donors (Lipinski definition) is 2. The van der Waals surface area contributed by atoms with E-state index >= 15 is 0 Å². The molecule has 0 spiro atoms. The van der Waals surface area contributed by atoms with Gasteiger partial charge in [-0.25, -0.2) is 8.42 Å². The number of sulfone groups is 1. The first-order valence-corrected chi connectivity index (χ1v) is 12.0. The molecule has 2 rings (SSSR count). The summed E-state index contributed by atoms with van der Waals surface area (Å²) in [5.41, 5.74) is 1.10. The van der Waals surface area contributed by atoms with Crippen molar-refractivity contribution in [1.82, 2.24) is 10.6 Å². The van der Waals surface area contributed by atoms with Gasteiger partial charge in [-0.2, -0.15) is 0 Å². The molecule has 0 saturated carbocycles.